The van der Waals surface area contributed by atoms with Crippen molar-refractivity contribution in [3.63, 3.8) is 0 Å². The van der Waals surface area contributed by atoms with Crippen LogP contribution in [0.25, 0.3) is 0 Å². The normalized spacial score (nSPS) is 18.0. The van der Waals surface area contributed by atoms with Gasteiger partial charge in [-0.3, -0.25) is 0 Å². The largest absolute Gasteiger partial charge is 0.376 e. The minimum absolute atomic E-state index is 0.0388. The monoisotopic (exact) mass is 338 g/mol. The third-order valence-corrected chi connectivity index (χ3v) is 4.73. The first kappa shape index (κ1) is 18.1. The minimum atomic E-state index is -0.225. The maximum absolute atomic E-state index is 12.5. The van der Waals surface area contributed by atoms with E-state index in [4.69, 9.17) is 16.3 Å². The summed E-state index contributed by atoms with van der Waals surface area (Å²) in [6.45, 7) is 8.86. The van der Waals surface area contributed by atoms with Crippen LogP contribution in [-0.2, 0) is 10.2 Å². The van der Waals surface area contributed by atoms with Crippen LogP contribution in [0.5, 0.6) is 0 Å². The van der Waals surface area contributed by atoms with Crippen LogP contribution in [-0.4, -0.2) is 43.3 Å². The summed E-state index contributed by atoms with van der Waals surface area (Å²) in [5.41, 5.74) is 0.821. The fourth-order valence-corrected chi connectivity index (χ4v) is 3.29. The average molecular weight is 339 g/mol. The molecule has 4 nitrogen and oxygen atoms in total. The third-order valence-electron chi connectivity index (χ3n) is 4.40. The predicted octanol–water partition coefficient (Wildman–Crippen LogP) is 3.83. The number of carbonyl (C=O) groups is 1. The number of likely N-dealkylation sites (N-methyl/N-ethyl adjacent to an activating group) is 1. The van der Waals surface area contributed by atoms with Gasteiger partial charge in [0.05, 0.1) is 6.10 Å². The second kappa shape index (κ2) is 8.02. The highest BCUT2D eigenvalue weighted by Crippen LogP contribution is 2.29. The van der Waals surface area contributed by atoms with Gasteiger partial charge in [0.15, 0.2) is 0 Å². The number of urea groups is 1. The molecule has 1 N–H and O–H groups in total. The van der Waals surface area contributed by atoms with Gasteiger partial charge in [0.25, 0.3) is 0 Å². The molecule has 1 atom stereocenters. The van der Waals surface area contributed by atoms with E-state index in [1.54, 1.807) is 0 Å². The molecule has 1 aliphatic heterocycles. The van der Waals surface area contributed by atoms with Gasteiger partial charge >= 0.3 is 6.03 Å². The van der Waals surface area contributed by atoms with Crippen LogP contribution in [0.15, 0.2) is 24.3 Å². The summed E-state index contributed by atoms with van der Waals surface area (Å²) < 4.78 is 5.63. The molecule has 1 unspecified atom stereocenters. The van der Waals surface area contributed by atoms with Crippen molar-refractivity contribution in [3.8, 4) is 0 Å². The van der Waals surface area contributed by atoms with Gasteiger partial charge in [0, 0.05) is 36.7 Å². The van der Waals surface area contributed by atoms with Crippen LogP contribution in [0.3, 0.4) is 0 Å². The van der Waals surface area contributed by atoms with Gasteiger partial charge in [0.1, 0.15) is 0 Å². The molecule has 0 spiro atoms. The van der Waals surface area contributed by atoms with Gasteiger partial charge in [-0.25, -0.2) is 4.79 Å². The Labute approximate surface area is 144 Å². The molecule has 1 aromatic carbocycles. The van der Waals surface area contributed by atoms with E-state index in [1.165, 1.54) is 0 Å². The number of rotatable bonds is 6. The van der Waals surface area contributed by atoms with E-state index >= 15 is 0 Å². The molecule has 0 aliphatic carbocycles. The Kier molecular flexibility index (Phi) is 6.31. The lowest BCUT2D eigenvalue weighted by Crippen LogP contribution is -2.47. The highest BCUT2D eigenvalue weighted by molar-refractivity contribution is 6.31. The maximum atomic E-state index is 12.5. The van der Waals surface area contributed by atoms with Gasteiger partial charge < -0.3 is 15.0 Å². The van der Waals surface area contributed by atoms with Crippen molar-refractivity contribution in [3.05, 3.63) is 34.9 Å². The zero-order valence-corrected chi connectivity index (χ0v) is 15.0. The molecule has 2 rings (SSSR count). The Bertz CT molecular complexity index is 528. The molecule has 2 amide bonds. The second-order valence-electron chi connectivity index (χ2n) is 6.70. The van der Waals surface area contributed by atoms with Crippen molar-refractivity contribution < 1.29 is 9.53 Å². The molecule has 23 heavy (non-hydrogen) atoms. The number of ether oxygens (including phenoxy) is 1. The summed E-state index contributed by atoms with van der Waals surface area (Å²) >= 11 is 6.29. The van der Waals surface area contributed by atoms with Gasteiger partial charge in [-0.1, -0.05) is 43.6 Å². The van der Waals surface area contributed by atoms with Crippen molar-refractivity contribution in [1.29, 1.82) is 0 Å². The second-order valence-corrected chi connectivity index (χ2v) is 7.10. The van der Waals surface area contributed by atoms with Crippen molar-refractivity contribution in [1.82, 2.24) is 10.2 Å². The molecule has 1 aromatic rings. The highest BCUT2D eigenvalue weighted by Gasteiger charge is 2.26. The first-order chi connectivity index (χ1) is 10.9. The zero-order chi connectivity index (χ0) is 16.9. The standard InChI is InChI=1S/C18H27ClN2O2/c1-4-21(12-14-8-7-11-23-14)17(22)20-13-18(2,3)15-9-5-6-10-16(15)19/h5-6,9-10,14H,4,7-8,11-13H2,1-3H3,(H,20,22). The number of nitrogens with one attached hydrogen (secondary N) is 1. The van der Waals surface area contributed by atoms with E-state index in [2.05, 4.69) is 19.2 Å². The van der Waals surface area contributed by atoms with Gasteiger partial charge in [-0.05, 0) is 31.4 Å². The Balaban J connectivity index is 1.92. The highest BCUT2D eigenvalue weighted by atomic mass is 35.5. The van der Waals surface area contributed by atoms with E-state index in [1.807, 2.05) is 36.1 Å². The Morgan fingerprint density at radius 3 is 2.78 bits per heavy atom. The minimum Gasteiger partial charge on any atom is -0.376 e. The third kappa shape index (κ3) is 4.85. The summed E-state index contributed by atoms with van der Waals surface area (Å²) in [6, 6.07) is 7.75. The first-order valence-electron chi connectivity index (χ1n) is 8.33. The van der Waals surface area contributed by atoms with Crippen LogP contribution >= 0.6 is 11.6 Å². The predicted molar refractivity (Wildman–Crippen MR) is 94.1 cm³/mol. The number of hydrogen-bond donors (Lipinski definition) is 1. The van der Waals surface area contributed by atoms with E-state index < -0.39 is 0 Å². The summed E-state index contributed by atoms with van der Waals surface area (Å²) in [7, 11) is 0. The SMILES string of the molecule is CCN(CC1CCCO1)C(=O)NCC(C)(C)c1ccccc1Cl. The summed E-state index contributed by atoms with van der Waals surface area (Å²) in [5, 5.41) is 3.78. The first-order valence-corrected chi connectivity index (χ1v) is 8.71. The number of halogens is 1. The average Bonchev–Trinajstić information content (AvgIpc) is 3.03. The Hall–Kier alpha value is -1.26. The smallest absolute Gasteiger partial charge is 0.317 e. The molecule has 5 heteroatoms. The lowest BCUT2D eigenvalue weighted by molar-refractivity contribution is 0.0824. The number of hydrogen-bond acceptors (Lipinski definition) is 2. The van der Waals surface area contributed by atoms with Crippen molar-refractivity contribution in [2.45, 2.75) is 45.1 Å². The van der Waals surface area contributed by atoms with Crippen LogP contribution in [0.4, 0.5) is 4.79 Å². The molecule has 1 aliphatic rings. The van der Waals surface area contributed by atoms with Crippen LogP contribution in [0, 0.1) is 0 Å². The maximum Gasteiger partial charge on any atom is 0.317 e. The number of nitrogens with zero attached hydrogens (tertiary/aromatic N) is 1. The molecule has 1 heterocycles. The topological polar surface area (TPSA) is 41.6 Å². The van der Waals surface area contributed by atoms with E-state index in [0.29, 0.717) is 19.6 Å². The molecular formula is C18H27ClN2O2. The quantitative estimate of drug-likeness (QED) is 0.856. The molecule has 0 aromatic heterocycles. The van der Waals surface area contributed by atoms with Crippen LogP contribution in [0.1, 0.15) is 39.2 Å². The Morgan fingerprint density at radius 2 is 2.17 bits per heavy atom. The number of amides is 2. The lowest BCUT2D eigenvalue weighted by atomic mass is 9.84. The molecular weight excluding hydrogens is 312 g/mol. The zero-order valence-electron chi connectivity index (χ0n) is 14.3. The summed E-state index contributed by atoms with van der Waals surface area (Å²) in [4.78, 5) is 14.3. The van der Waals surface area contributed by atoms with Gasteiger partial charge in [-0.2, -0.15) is 0 Å². The number of carbonyl (C=O) groups excluding carboxylic acids is 1. The molecule has 0 radical (unpaired) electrons. The van der Waals surface area contributed by atoms with Crippen molar-refractivity contribution >= 4 is 17.6 Å². The van der Waals surface area contributed by atoms with E-state index in [0.717, 1.165) is 30.0 Å². The molecule has 0 saturated carbocycles. The molecule has 1 fully saturated rings. The Morgan fingerprint density at radius 1 is 1.43 bits per heavy atom. The summed E-state index contributed by atoms with van der Waals surface area (Å²) in [6.07, 6.45) is 2.30. The number of benzene rings is 1. The fourth-order valence-electron chi connectivity index (χ4n) is 2.90. The van der Waals surface area contributed by atoms with Crippen molar-refractivity contribution in [2.24, 2.45) is 0 Å². The van der Waals surface area contributed by atoms with Gasteiger partial charge in [-0.15, -0.1) is 0 Å². The van der Waals surface area contributed by atoms with Gasteiger partial charge in [0.2, 0.25) is 0 Å². The van der Waals surface area contributed by atoms with Crippen LogP contribution in [0.2, 0.25) is 5.02 Å². The van der Waals surface area contributed by atoms with Crippen LogP contribution < -0.4 is 5.32 Å². The molecule has 128 valence electrons. The fraction of sp³-hybridized carbons (Fsp3) is 0.611. The van der Waals surface area contributed by atoms with E-state index in [9.17, 15) is 4.79 Å². The molecule has 0 bridgehead atoms. The van der Waals surface area contributed by atoms with E-state index in [-0.39, 0.29) is 17.6 Å². The molecule has 1 saturated heterocycles. The van der Waals surface area contributed by atoms with Crippen molar-refractivity contribution in [2.75, 3.05) is 26.2 Å². The lowest BCUT2D eigenvalue weighted by Gasteiger charge is -2.29. The summed E-state index contributed by atoms with van der Waals surface area (Å²) in [5.74, 6) is 0.